The van der Waals surface area contributed by atoms with Crippen molar-refractivity contribution in [2.75, 3.05) is 0 Å². The molecular formula is C13H17NO2. The topological polar surface area (TPSA) is 42.2 Å². The number of carbonyl (C=O) groups is 1. The van der Waals surface area contributed by atoms with Crippen LogP contribution in [0, 0.1) is 13.8 Å². The number of aromatic nitrogens is 1. The highest BCUT2D eigenvalue weighted by atomic mass is 16.4. The fraction of sp³-hybridized carbons (Fsp3) is 0.462. The van der Waals surface area contributed by atoms with Crippen LogP contribution in [-0.2, 0) is 0 Å². The molecule has 1 unspecified atom stereocenters. The highest BCUT2D eigenvalue weighted by molar-refractivity contribution is 5.89. The fourth-order valence-electron chi connectivity index (χ4n) is 2.57. The summed E-state index contributed by atoms with van der Waals surface area (Å²) in [4.78, 5) is 11.0. The zero-order valence-corrected chi connectivity index (χ0v) is 9.73. The zero-order chi connectivity index (χ0) is 11.7. The molecule has 86 valence electrons. The largest absolute Gasteiger partial charge is 0.478 e. The molecule has 0 aliphatic heterocycles. The van der Waals surface area contributed by atoms with Gasteiger partial charge in [0, 0.05) is 17.4 Å². The van der Waals surface area contributed by atoms with Gasteiger partial charge in [-0.05, 0) is 39.2 Å². The molecule has 1 heterocycles. The molecule has 3 heteroatoms. The molecule has 3 nitrogen and oxygen atoms in total. The fourth-order valence-corrected chi connectivity index (χ4v) is 2.57. The zero-order valence-electron chi connectivity index (χ0n) is 9.73. The lowest BCUT2D eigenvalue weighted by molar-refractivity contribution is 0.0696. The molecule has 1 aromatic heterocycles. The lowest BCUT2D eigenvalue weighted by Crippen LogP contribution is -2.14. The lowest BCUT2D eigenvalue weighted by atomic mass is 10.0. The van der Waals surface area contributed by atoms with Crippen LogP contribution in [0.25, 0.3) is 0 Å². The maximum Gasteiger partial charge on any atom is 0.337 e. The van der Waals surface area contributed by atoms with E-state index in [2.05, 4.69) is 16.7 Å². The van der Waals surface area contributed by atoms with Crippen molar-refractivity contribution in [2.45, 2.75) is 39.2 Å². The van der Waals surface area contributed by atoms with Gasteiger partial charge in [-0.15, -0.1) is 0 Å². The summed E-state index contributed by atoms with van der Waals surface area (Å²) in [6.07, 6.45) is 7.59. The van der Waals surface area contributed by atoms with Gasteiger partial charge in [0.25, 0.3) is 0 Å². The van der Waals surface area contributed by atoms with E-state index in [0.29, 0.717) is 11.6 Å². The standard InChI is InChI=1S/C13H17NO2/c1-9-8-12(13(15)16)10(2)14(9)11-6-4-3-5-7-11/h3-4,8,11H,5-7H2,1-2H3,(H,15,16). The van der Waals surface area contributed by atoms with Crippen molar-refractivity contribution in [3.05, 3.63) is 35.2 Å². The van der Waals surface area contributed by atoms with E-state index in [4.69, 9.17) is 5.11 Å². The van der Waals surface area contributed by atoms with Gasteiger partial charge in [-0.3, -0.25) is 0 Å². The number of hydrogen-bond donors (Lipinski definition) is 1. The third-order valence-electron chi connectivity index (χ3n) is 3.32. The molecule has 1 aromatic rings. The summed E-state index contributed by atoms with van der Waals surface area (Å²) >= 11 is 0. The second-order valence-electron chi connectivity index (χ2n) is 4.40. The van der Waals surface area contributed by atoms with E-state index in [-0.39, 0.29) is 0 Å². The van der Waals surface area contributed by atoms with Crippen molar-refractivity contribution in [1.29, 1.82) is 0 Å². The molecule has 0 saturated carbocycles. The third kappa shape index (κ3) is 1.77. The second kappa shape index (κ2) is 4.16. The average molecular weight is 219 g/mol. The minimum absolute atomic E-state index is 0.429. The summed E-state index contributed by atoms with van der Waals surface area (Å²) in [6, 6.07) is 2.20. The third-order valence-corrected chi connectivity index (χ3v) is 3.32. The van der Waals surface area contributed by atoms with E-state index in [1.807, 2.05) is 13.8 Å². The van der Waals surface area contributed by atoms with E-state index in [0.717, 1.165) is 30.7 Å². The van der Waals surface area contributed by atoms with Crippen LogP contribution in [0.4, 0.5) is 0 Å². The van der Waals surface area contributed by atoms with E-state index in [9.17, 15) is 4.79 Å². The van der Waals surface area contributed by atoms with Crippen molar-refractivity contribution in [1.82, 2.24) is 4.57 Å². The number of aromatic carboxylic acids is 1. The molecule has 0 saturated heterocycles. The number of aryl methyl sites for hydroxylation is 1. The quantitative estimate of drug-likeness (QED) is 0.777. The van der Waals surface area contributed by atoms with Crippen molar-refractivity contribution in [3.8, 4) is 0 Å². The molecule has 1 aliphatic carbocycles. The Balaban J connectivity index is 2.40. The van der Waals surface area contributed by atoms with Gasteiger partial charge < -0.3 is 9.67 Å². The molecule has 1 atom stereocenters. The summed E-state index contributed by atoms with van der Waals surface area (Å²) in [5.74, 6) is -0.828. The van der Waals surface area contributed by atoms with Crippen LogP contribution in [-0.4, -0.2) is 15.6 Å². The first-order chi connectivity index (χ1) is 7.61. The number of rotatable bonds is 2. The first kappa shape index (κ1) is 11.0. The SMILES string of the molecule is Cc1cc(C(=O)O)c(C)n1C1CC=CCC1. The van der Waals surface area contributed by atoms with E-state index in [1.54, 1.807) is 6.07 Å². The van der Waals surface area contributed by atoms with Gasteiger partial charge in [0.15, 0.2) is 0 Å². The predicted octanol–water partition coefficient (Wildman–Crippen LogP) is 3.08. The van der Waals surface area contributed by atoms with Crippen LogP contribution in [0.5, 0.6) is 0 Å². The second-order valence-corrected chi connectivity index (χ2v) is 4.40. The van der Waals surface area contributed by atoms with Crippen LogP contribution in [0.3, 0.4) is 0 Å². The number of carboxylic acids is 1. The lowest BCUT2D eigenvalue weighted by Gasteiger charge is -2.23. The highest BCUT2D eigenvalue weighted by Crippen LogP contribution is 2.29. The minimum Gasteiger partial charge on any atom is -0.478 e. The Hall–Kier alpha value is -1.51. The van der Waals surface area contributed by atoms with Crippen molar-refractivity contribution in [3.63, 3.8) is 0 Å². The predicted molar refractivity (Wildman–Crippen MR) is 62.9 cm³/mol. The Morgan fingerprint density at radius 1 is 1.44 bits per heavy atom. The maximum atomic E-state index is 11.0. The highest BCUT2D eigenvalue weighted by Gasteiger charge is 2.20. The van der Waals surface area contributed by atoms with Crippen LogP contribution in [0.15, 0.2) is 18.2 Å². The first-order valence-electron chi connectivity index (χ1n) is 5.68. The Bertz CT molecular complexity index is 443. The summed E-state index contributed by atoms with van der Waals surface area (Å²) in [7, 11) is 0. The monoisotopic (exact) mass is 219 g/mol. The van der Waals surface area contributed by atoms with Gasteiger partial charge in [0.1, 0.15) is 0 Å². The number of hydrogen-bond acceptors (Lipinski definition) is 1. The molecular weight excluding hydrogens is 202 g/mol. The first-order valence-corrected chi connectivity index (χ1v) is 5.68. The van der Waals surface area contributed by atoms with Crippen molar-refractivity contribution in [2.24, 2.45) is 0 Å². The van der Waals surface area contributed by atoms with Gasteiger partial charge in [-0.1, -0.05) is 12.2 Å². The number of carboxylic acid groups (broad SMARTS) is 1. The van der Waals surface area contributed by atoms with Gasteiger partial charge in [0.2, 0.25) is 0 Å². The normalized spacial score (nSPS) is 20.0. The Labute approximate surface area is 95.4 Å². The molecule has 0 bridgehead atoms. The maximum absolute atomic E-state index is 11.0. The van der Waals surface area contributed by atoms with E-state index >= 15 is 0 Å². The summed E-state index contributed by atoms with van der Waals surface area (Å²) < 4.78 is 2.17. The Kier molecular flexibility index (Phi) is 2.86. The molecule has 1 N–H and O–H groups in total. The summed E-state index contributed by atoms with van der Waals surface area (Å²) in [6.45, 7) is 3.88. The molecule has 1 aliphatic rings. The summed E-state index contributed by atoms with van der Waals surface area (Å²) in [5, 5.41) is 9.07. The van der Waals surface area contributed by atoms with Crippen LogP contribution < -0.4 is 0 Å². The number of allylic oxidation sites excluding steroid dienone is 2. The average Bonchev–Trinajstić information content (AvgIpc) is 2.56. The molecule has 16 heavy (non-hydrogen) atoms. The van der Waals surface area contributed by atoms with Gasteiger partial charge >= 0.3 is 5.97 Å². The molecule has 0 spiro atoms. The molecule has 0 radical (unpaired) electrons. The Morgan fingerprint density at radius 3 is 2.69 bits per heavy atom. The van der Waals surface area contributed by atoms with Crippen molar-refractivity contribution < 1.29 is 9.90 Å². The summed E-state index contributed by atoms with van der Waals surface area (Å²) in [5.41, 5.74) is 2.37. The van der Waals surface area contributed by atoms with Crippen molar-refractivity contribution >= 4 is 5.97 Å². The van der Waals surface area contributed by atoms with E-state index < -0.39 is 5.97 Å². The number of nitrogens with zero attached hydrogens (tertiary/aromatic N) is 1. The van der Waals surface area contributed by atoms with Crippen LogP contribution in [0.1, 0.15) is 47.1 Å². The smallest absolute Gasteiger partial charge is 0.337 e. The molecule has 0 fully saturated rings. The molecule has 2 rings (SSSR count). The van der Waals surface area contributed by atoms with Crippen LogP contribution in [0.2, 0.25) is 0 Å². The molecule has 0 amide bonds. The van der Waals surface area contributed by atoms with Crippen LogP contribution >= 0.6 is 0 Å². The van der Waals surface area contributed by atoms with Gasteiger partial charge in [0.05, 0.1) is 5.56 Å². The minimum atomic E-state index is -0.828. The van der Waals surface area contributed by atoms with E-state index in [1.165, 1.54) is 0 Å². The van der Waals surface area contributed by atoms with Gasteiger partial charge in [-0.2, -0.15) is 0 Å². The molecule has 0 aromatic carbocycles. The van der Waals surface area contributed by atoms with Gasteiger partial charge in [-0.25, -0.2) is 4.79 Å². The Morgan fingerprint density at radius 2 is 2.19 bits per heavy atom.